The second kappa shape index (κ2) is 13.0. The third kappa shape index (κ3) is 5.20. The van der Waals surface area contributed by atoms with E-state index in [4.69, 9.17) is 9.97 Å². The van der Waals surface area contributed by atoms with Gasteiger partial charge in [0.15, 0.2) is 0 Å². The van der Waals surface area contributed by atoms with E-state index in [-0.39, 0.29) is 19.5 Å². The van der Waals surface area contributed by atoms with Crippen LogP contribution in [0.25, 0.3) is 45.4 Å². The molecule has 2 aliphatic rings. The van der Waals surface area contributed by atoms with Crippen molar-refractivity contribution in [2.24, 2.45) is 0 Å². The molecule has 2 aliphatic heterocycles. The van der Waals surface area contributed by atoms with Gasteiger partial charge in [0.05, 0.1) is 28.3 Å². The van der Waals surface area contributed by atoms with Crippen molar-refractivity contribution in [3.8, 4) is 0 Å². The van der Waals surface area contributed by atoms with Gasteiger partial charge in [0, 0.05) is 53.7 Å². The molecule has 0 radical (unpaired) electrons. The average Bonchev–Trinajstić information content (AvgIpc) is 3.73. The Kier molecular flexibility index (Phi) is 9.90. The van der Waals surface area contributed by atoms with Crippen molar-refractivity contribution in [1.82, 2.24) is 19.5 Å². The standard InChI is InChI=1S/C36H46N4.Zn/c1-9-22-19-25-20-23-17-18-24(37-23)21-32-26(10-2)29(13-5)36(40(32)16-8)31(15-7)35-28(12-4)27(11-3)34(39-35)30(14-6)33(22)38-25;/h17-21,38H,9-16H2,1-8H3;. The molecule has 212 valence electrons. The van der Waals surface area contributed by atoms with Gasteiger partial charge >= 0.3 is 0 Å². The van der Waals surface area contributed by atoms with Crippen LogP contribution in [0, 0.1) is 0 Å². The van der Waals surface area contributed by atoms with Crippen molar-refractivity contribution < 1.29 is 19.5 Å². The summed E-state index contributed by atoms with van der Waals surface area (Å²) in [5.74, 6) is 0. The van der Waals surface area contributed by atoms with E-state index in [0.717, 1.165) is 68.4 Å². The molecule has 4 nitrogen and oxygen atoms in total. The second-order valence-electron chi connectivity index (χ2n) is 10.8. The minimum absolute atomic E-state index is 0. The van der Waals surface area contributed by atoms with Crippen molar-refractivity contribution in [1.29, 1.82) is 0 Å². The Bertz CT molecular complexity index is 1680. The molecule has 3 aromatic rings. The van der Waals surface area contributed by atoms with E-state index in [0.29, 0.717) is 0 Å². The fraction of sp³-hybridized carbons (Fsp3) is 0.444. The first kappa shape index (κ1) is 31.2. The molecule has 0 saturated carbocycles. The molecular weight excluding hydrogens is 554 g/mol. The number of fused-ring (bicyclic) bond motifs is 8. The van der Waals surface area contributed by atoms with Crippen LogP contribution >= 0.6 is 0 Å². The summed E-state index contributed by atoms with van der Waals surface area (Å²) in [6, 6.07) is 6.80. The molecule has 0 saturated heterocycles. The van der Waals surface area contributed by atoms with Crippen molar-refractivity contribution in [3.05, 3.63) is 68.8 Å². The van der Waals surface area contributed by atoms with Crippen LogP contribution < -0.4 is 0 Å². The summed E-state index contributed by atoms with van der Waals surface area (Å²) < 4.78 is 2.55. The summed E-state index contributed by atoms with van der Waals surface area (Å²) in [4.78, 5) is 14.4. The van der Waals surface area contributed by atoms with Gasteiger partial charge in [-0.05, 0) is 110 Å². The predicted octanol–water partition coefficient (Wildman–Crippen LogP) is 9.52. The van der Waals surface area contributed by atoms with Crippen LogP contribution in [0.5, 0.6) is 0 Å². The van der Waals surface area contributed by atoms with Crippen LogP contribution in [0.1, 0.15) is 119 Å². The van der Waals surface area contributed by atoms with Gasteiger partial charge in [0.25, 0.3) is 0 Å². The normalized spacial score (nSPS) is 12.8. The fourth-order valence-corrected chi connectivity index (χ4v) is 7.06. The van der Waals surface area contributed by atoms with Gasteiger partial charge in [-0.1, -0.05) is 48.5 Å². The van der Waals surface area contributed by atoms with Crippen LogP contribution in [0.3, 0.4) is 0 Å². The zero-order valence-corrected chi connectivity index (χ0v) is 29.6. The molecule has 5 heterocycles. The number of allylic oxidation sites excluding steroid dienone is 2. The fourth-order valence-electron chi connectivity index (χ4n) is 7.06. The van der Waals surface area contributed by atoms with Gasteiger partial charge in [-0.25, -0.2) is 9.97 Å². The van der Waals surface area contributed by atoms with Gasteiger partial charge < -0.3 is 9.55 Å². The SMILES string of the molecule is CCC1=C(CC)c2nc1c(CC)c1[nH]c(cc3nc(cc4c(CC)c(CC)c(c2CC)n4CC)C=C3)cc1CC.[Zn]. The Balaban J connectivity index is 0.00000387. The molecular formula is C36H46N4Zn. The third-order valence-corrected chi connectivity index (χ3v) is 8.85. The summed E-state index contributed by atoms with van der Waals surface area (Å²) >= 11 is 0. The van der Waals surface area contributed by atoms with Gasteiger partial charge in [0.2, 0.25) is 0 Å². The van der Waals surface area contributed by atoms with E-state index >= 15 is 0 Å². The van der Waals surface area contributed by atoms with E-state index in [9.17, 15) is 0 Å². The van der Waals surface area contributed by atoms with Crippen LogP contribution in [0.2, 0.25) is 0 Å². The molecule has 0 aromatic carbocycles. The molecule has 41 heavy (non-hydrogen) atoms. The van der Waals surface area contributed by atoms with E-state index in [2.05, 4.69) is 95.3 Å². The smallest absolute Gasteiger partial charge is 0.0725 e. The molecule has 3 aromatic heterocycles. The predicted molar refractivity (Wildman–Crippen MR) is 174 cm³/mol. The topological polar surface area (TPSA) is 46.5 Å². The number of rotatable bonds is 8. The molecule has 0 fully saturated rings. The maximum atomic E-state index is 5.61. The van der Waals surface area contributed by atoms with Gasteiger partial charge in [-0.15, -0.1) is 0 Å². The molecule has 0 spiro atoms. The van der Waals surface area contributed by atoms with Crippen molar-refractivity contribution in [3.63, 3.8) is 0 Å². The van der Waals surface area contributed by atoms with E-state index in [1.807, 2.05) is 0 Å². The van der Waals surface area contributed by atoms with Crippen LogP contribution in [0.4, 0.5) is 0 Å². The number of H-pyrrole nitrogens is 1. The van der Waals surface area contributed by atoms with Crippen molar-refractivity contribution >= 4 is 45.4 Å². The number of aromatic nitrogens is 4. The number of hydrogen-bond donors (Lipinski definition) is 1. The molecule has 0 atom stereocenters. The first-order chi connectivity index (χ1) is 19.5. The minimum atomic E-state index is 0. The van der Waals surface area contributed by atoms with Crippen molar-refractivity contribution in [2.45, 2.75) is 107 Å². The minimum Gasteiger partial charge on any atom is -0.355 e. The molecule has 0 unspecified atom stereocenters. The summed E-state index contributed by atoms with van der Waals surface area (Å²) in [7, 11) is 0. The van der Waals surface area contributed by atoms with Crippen molar-refractivity contribution in [2.75, 3.05) is 0 Å². The van der Waals surface area contributed by atoms with Gasteiger partial charge in [-0.2, -0.15) is 0 Å². The van der Waals surface area contributed by atoms with Crippen LogP contribution in [0.15, 0.2) is 18.2 Å². The summed E-state index contributed by atoms with van der Waals surface area (Å²) in [6.45, 7) is 19.2. The number of hydrogen-bond acceptors (Lipinski definition) is 2. The summed E-state index contributed by atoms with van der Waals surface area (Å²) in [6.07, 6.45) is 11.2. The Morgan fingerprint density at radius 3 is 1.73 bits per heavy atom. The second-order valence-corrected chi connectivity index (χ2v) is 10.8. The number of aryl methyl sites for hydroxylation is 6. The quantitative estimate of drug-likeness (QED) is 0.205. The van der Waals surface area contributed by atoms with Crippen LogP contribution in [-0.4, -0.2) is 19.5 Å². The average molecular weight is 600 g/mol. The number of nitrogens with zero attached hydrogens (tertiary/aromatic N) is 3. The first-order valence-corrected chi connectivity index (χ1v) is 15.7. The van der Waals surface area contributed by atoms with Crippen LogP contribution in [-0.2, 0) is 58.1 Å². The molecule has 5 rings (SSSR count). The number of nitrogens with one attached hydrogen (secondary N) is 1. The Hall–Kier alpha value is -2.78. The summed E-state index contributed by atoms with van der Waals surface area (Å²) in [5.41, 5.74) is 19.3. The van der Waals surface area contributed by atoms with Gasteiger partial charge in [0.1, 0.15) is 0 Å². The van der Waals surface area contributed by atoms with E-state index in [1.165, 1.54) is 66.9 Å². The monoisotopic (exact) mass is 598 g/mol. The maximum absolute atomic E-state index is 5.61. The molecule has 1 N–H and O–H groups in total. The molecule has 5 heteroatoms. The third-order valence-electron chi connectivity index (χ3n) is 8.85. The zero-order valence-electron chi connectivity index (χ0n) is 26.6. The number of aromatic amines is 1. The largest absolute Gasteiger partial charge is 0.355 e. The van der Waals surface area contributed by atoms with Gasteiger partial charge in [-0.3, -0.25) is 0 Å². The first-order valence-electron chi connectivity index (χ1n) is 15.7. The Morgan fingerprint density at radius 1 is 0.610 bits per heavy atom. The van der Waals surface area contributed by atoms with E-state index < -0.39 is 0 Å². The molecule has 8 bridgehead atoms. The molecule has 0 amide bonds. The Morgan fingerprint density at radius 2 is 1.20 bits per heavy atom. The maximum Gasteiger partial charge on any atom is 0.0725 e. The summed E-state index contributed by atoms with van der Waals surface area (Å²) in [5, 5.41) is 0. The molecule has 0 aliphatic carbocycles. The zero-order chi connectivity index (χ0) is 28.6. The Labute approximate surface area is 259 Å². The van der Waals surface area contributed by atoms with E-state index in [1.54, 1.807) is 0 Å².